The molecule has 0 aliphatic carbocycles. The van der Waals surface area contributed by atoms with Gasteiger partial charge in [0.1, 0.15) is 17.3 Å². The zero-order chi connectivity index (χ0) is 14.3. The molecule has 6 heteroatoms. The zero-order valence-corrected chi connectivity index (χ0v) is 11.0. The largest absolute Gasteiger partial charge is 0.392 e. The van der Waals surface area contributed by atoms with E-state index in [1.54, 1.807) is 9.80 Å². The van der Waals surface area contributed by atoms with Crippen LogP contribution in [0, 0.1) is 11.6 Å². The fourth-order valence-electron chi connectivity index (χ4n) is 3.08. The SMILES string of the molecule is O=C1CCC2CN(c3c(F)cc(CO)cc3F)CCN12. The first-order valence-electron chi connectivity index (χ1n) is 6.73. The first kappa shape index (κ1) is 13.3. The van der Waals surface area contributed by atoms with Crippen molar-refractivity contribution in [1.82, 2.24) is 4.90 Å². The molecule has 20 heavy (non-hydrogen) atoms. The minimum absolute atomic E-state index is 0.0487. The number of aliphatic hydroxyl groups is 1. The number of hydrogen-bond acceptors (Lipinski definition) is 3. The van der Waals surface area contributed by atoms with Gasteiger partial charge < -0.3 is 14.9 Å². The van der Waals surface area contributed by atoms with E-state index in [1.165, 1.54) is 0 Å². The number of nitrogens with zero attached hydrogens (tertiary/aromatic N) is 2. The predicted molar refractivity (Wildman–Crippen MR) is 69.2 cm³/mol. The number of hydrogen-bond donors (Lipinski definition) is 1. The molecule has 0 aromatic heterocycles. The van der Waals surface area contributed by atoms with Crippen molar-refractivity contribution in [3.63, 3.8) is 0 Å². The highest BCUT2D eigenvalue weighted by atomic mass is 19.1. The van der Waals surface area contributed by atoms with Crippen LogP contribution in [-0.2, 0) is 11.4 Å². The summed E-state index contributed by atoms with van der Waals surface area (Å²) in [6.45, 7) is 0.996. The summed E-state index contributed by atoms with van der Waals surface area (Å²) in [5.41, 5.74) is 0.166. The number of rotatable bonds is 2. The van der Waals surface area contributed by atoms with Crippen molar-refractivity contribution < 1.29 is 18.7 Å². The number of piperazine rings is 1. The maximum atomic E-state index is 14.0. The fraction of sp³-hybridized carbons (Fsp3) is 0.500. The van der Waals surface area contributed by atoms with Crippen molar-refractivity contribution in [1.29, 1.82) is 0 Å². The Morgan fingerprint density at radius 3 is 2.60 bits per heavy atom. The average molecular weight is 282 g/mol. The van der Waals surface area contributed by atoms with Gasteiger partial charge in [0.2, 0.25) is 5.91 Å². The van der Waals surface area contributed by atoms with Gasteiger partial charge in [0, 0.05) is 32.1 Å². The Hall–Kier alpha value is -1.69. The van der Waals surface area contributed by atoms with Gasteiger partial charge >= 0.3 is 0 Å². The lowest BCUT2D eigenvalue weighted by Gasteiger charge is -2.39. The van der Waals surface area contributed by atoms with Gasteiger partial charge in [-0.05, 0) is 24.1 Å². The lowest BCUT2D eigenvalue weighted by atomic mass is 10.1. The van der Waals surface area contributed by atoms with Gasteiger partial charge in [-0.15, -0.1) is 0 Å². The van der Waals surface area contributed by atoms with Crippen LogP contribution in [0.2, 0.25) is 0 Å². The molecule has 2 saturated heterocycles. The molecule has 2 aliphatic rings. The molecule has 0 saturated carbocycles. The van der Waals surface area contributed by atoms with Crippen LogP contribution in [0.1, 0.15) is 18.4 Å². The molecule has 0 radical (unpaired) electrons. The molecule has 1 atom stereocenters. The van der Waals surface area contributed by atoms with Gasteiger partial charge in [-0.1, -0.05) is 0 Å². The van der Waals surface area contributed by atoms with E-state index < -0.39 is 11.6 Å². The van der Waals surface area contributed by atoms with E-state index >= 15 is 0 Å². The van der Waals surface area contributed by atoms with Crippen LogP contribution in [-0.4, -0.2) is 41.6 Å². The van der Waals surface area contributed by atoms with E-state index in [-0.39, 0.29) is 29.8 Å². The number of benzene rings is 1. The Balaban J connectivity index is 1.86. The molecule has 1 N–H and O–H groups in total. The third-order valence-electron chi connectivity index (χ3n) is 4.07. The van der Waals surface area contributed by atoms with Crippen molar-refractivity contribution in [2.24, 2.45) is 0 Å². The van der Waals surface area contributed by atoms with Gasteiger partial charge in [0.05, 0.1) is 6.61 Å². The predicted octanol–water partition coefficient (Wildman–Crippen LogP) is 1.27. The molecule has 108 valence electrons. The highest BCUT2D eigenvalue weighted by Crippen LogP contribution is 2.30. The third-order valence-corrected chi connectivity index (χ3v) is 4.07. The van der Waals surface area contributed by atoms with Gasteiger partial charge in [-0.3, -0.25) is 4.79 Å². The Bertz CT molecular complexity index is 527. The molecule has 1 amide bonds. The molecule has 0 spiro atoms. The number of aliphatic hydroxyl groups excluding tert-OH is 1. The maximum Gasteiger partial charge on any atom is 0.223 e. The van der Waals surface area contributed by atoms with Crippen LogP contribution in [0.15, 0.2) is 12.1 Å². The molecule has 1 unspecified atom stereocenters. The van der Waals surface area contributed by atoms with Crippen molar-refractivity contribution in [2.75, 3.05) is 24.5 Å². The molecule has 4 nitrogen and oxygen atoms in total. The number of anilines is 1. The van der Waals surface area contributed by atoms with E-state index in [2.05, 4.69) is 0 Å². The molecule has 2 aliphatic heterocycles. The lowest BCUT2D eigenvalue weighted by Crippen LogP contribution is -2.52. The van der Waals surface area contributed by atoms with Gasteiger partial charge in [0.15, 0.2) is 0 Å². The van der Waals surface area contributed by atoms with Gasteiger partial charge in [-0.2, -0.15) is 0 Å². The molecule has 1 aromatic carbocycles. The van der Waals surface area contributed by atoms with E-state index in [0.29, 0.717) is 26.1 Å². The summed E-state index contributed by atoms with van der Waals surface area (Å²) in [5, 5.41) is 8.95. The zero-order valence-electron chi connectivity index (χ0n) is 11.0. The highest BCUT2D eigenvalue weighted by Gasteiger charge is 2.36. The van der Waals surface area contributed by atoms with Crippen LogP contribution < -0.4 is 4.90 Å². The van der Waals surface area contributed by atoms with Gasteiger partial charge in [0.25, 0.3) is 0 Å². The second-order valence-corrected chi connectivity index (χ2v) is 5.29. The molecule has 3 rings (SSSR count). The fourth-order valence-corrected chi connectivity index (χ4v) is 3.08. The monoisotopic (exact) mass is 282 g/mol. The van der Waals surface area contributed by atoms with Crippen LogP contribution in [0.25, 0.3) is 0 Å². The van der Waals surface area contributed by atoms with Crippen molar-refractivity contribution in [3.8, 4) is 0 Å². The summed E-state index contributed by atoms with van der Waals surface area (Å²) >= 11 is 0. The topological polar surface area (TPSA) is 43.8 Å². The summed E-state index contributed by atoms with van der Waals surface area (Å²) in [6, 6.07) is 2.36. The Labute approximate surface area is 115 Å². The first-order valence-corrected chi connectivity index (χ1v) is 6.73. The summed E-state index contributed by atoms with van der Waals surface area (Å²) in [6.07, 6.45) is 1.26. The number of fused-ring (bicyclic) bond motifs is 1. The average Bonchev–Trinajstić information content (AvgIpc) is 2.79. The molecule has 1 aromatic rings. The minimum Gasteiger partial charge on any atom is -0.392 e. The summed E-state index contributed by atoms with van der Waals surface area (Å²) < 4.78 is 28.1. The Kier molecular flexibility index (Phi) is 3.33. The van der Waals surface area contributed by atoms with E-state index in [4.69, 9.17) is 5.11 Å². The maximum absolute atomic E-state index is 14.0. The lowest BCUT2D eigenvalue weighted by molar-refractivity contribution is -0.129. The standard InChI is InChI=1S/C14H16F2N2O2/c15-11-5-9(8-19)6-12(16)14(11)17-3-4-18-10(7-17)1-2-13(18)20/h5-6,10,19H,1-4,7-8H2. The van der Waals surface area contributed by atoms with E-state index in [1.807, 2.05) is 0 Å². The van der Waals surface area contributed by atoms with E-state index in [0.717, 1.165) is 18.6 Å². The number of carbonyl (C=O) groups excluding carboxylic acids is 1. The highest BCUT2D eigenvalue weighted by molar-refractivity contribution is 5.79. The summed E-state index contributed by atoms with van der Waals surface area (Å²) in [5.74, 6) is -1.19. The quantitative estimate of drug-likeness (QED) is 0.888. The molecule has 2 heterocycles. The Morgan fingerprint density at radius 2 is 1.95 bits per heavy atom. The Morgan fingerprint density at radius 1 is 1.25 bits per heavy atom. The van der Waals surface area contributed by atoms with E-state index in [9.17, 15) is 13.6 Å². The molecular formula is C14H16F2N2O2. The number of halogens is 2. The minimum atomic E-state index is -0.660. The molecule has 2 fully saturated rings. The smallest absolute Gasteiger partial charge is 0.223 e. The van der Waals surface area contributed by atoms with Gasteiger partial charge in [-0.25, -0.2) is 8.78 Å². The van der Waals surface area contributed by atoms with Crippen molar-refractivity contribution in [2.45, 2.75) is 25.5 Å². The molecule has 0 bridgehead atoms. The third kappa shape index (κ3) is 2.14. The molecular weight excluding hydrogens is 266 g/mol. The first-order chi connectivity index (χ1) is 9.60. The summed E-state index contributed by atoms with van der Waals surface area (Å²) in [7, 11) is 0. The van der Waals surface area contributed by atoms with Crippen molar-refractivity contribution >= 4 is 11.6 Å². The normalized spacial score (nSPS) is 22.4. The van der Waals surface area contributed by atoms with Crippen molar-refractivity contribution in [3.05, 3.63) is 29.3 Å². The van der Waals surface area contributed by atoms with Crippen LogP contribution in [0.4, 0.5) is 14.5 Å². The van der Waals surface area contributed by atoms with Crippen LogP contribution in [0.5, 0.6) is 0 Å². The number of carbonyl (C=O) groups is 1. The van der Waals surface area contributed by atoms with Crippen LogP contribution >= 0.6 is 0 Å². The second kappa shape index (κ2) is 5.01. The number of amides is 1. The summed E-state index contributed by atoms with van der Waals surface area (Å²) in [4.78, 5) is 15.1. The second-order valence-electron chi connectivity index (χ2n) is 5.29. The van der Waals surface area contributed by atoms with Crippen LogP contribution in [0.3, 0.4) is 0 Å².